The molecule has 2 aliphatic heterocycles. The van der Waals surface area contributed by atoms with E-state index in [0.717, 1.165) is 43.2 Å². The topological polar surface area (TPSA) is 46.6 Å². The van der Waals surface area contributed by atoms with Crippen LogP contribution in [0.1, 0.15) is 51.4 Å². The van der Waals surface area contributed by atoms with Gasteiger partial charge in [-0.25, -0.2) is 0 Å². The van der Waals surface area contributed by atoms with Gasteiger partial charge in [-0.2, -0.15) is 8.42 Å². The summed E-state index contributed by atoms with van der Waals surface area (Å²) >= 11 is 3.36. The Morgan fingerprint density at radius 3 is 2.64 bits per heavy atom. The first-order chi connectivity index (χ1) is 12.0. The number of hydrogen-bond donors (Lipinski definition) is 0. The molecule has 6 heteroatoms. The van der Waals surface area contributed by atoms with Crippen LogP contribution >= 0.6 is 15.9 Å². The van der Waals surface area contributed by atoms with Gasteiger partial charge in [-0.1, -0.05) is 35.2 Å². The molecule has 3 unspecified atom stereocenters. The number of halogens is 1. The van der Waals surface area contributed by atoms with Crippen LogP contribution in [0.2, 0.25) is 0 Å². The summed E-state index contributed by atoms with van der Waals surface area (Å²) in [4.78, 5) is 2.85. The number of hydrogen-bond acceptors (Lipinski definition) is 4. The van der Waals surface area contributed by atoms with E-state index in [9.17, 15) is 8.42 Å². The fraction of sp³-hybridized carbons (Fsp3) is 0.684. The average molecular weight is 428 g/mol. The van der Waals surface area contributed by atoms with E-state index in [1.165, 1.54) is 25.7 Å². The Labute approximate surface area is 159 Å². The Kier molecular flexibility index (Phi) is 4.99. The van der Waals surface area contributed by atoms with Gasteiger partial charge >= 0.3 is 0 Å². The number of piperidine rings is 2. The van der Waals surface area contributed by atoms with E-state index in [0.29, 0.717) is 12.0 Å². The van der Waals surface area contributed by atoms with Crippen molar-refractivity contribution in [2.24, 2.45) is 5.92 Å². The molecule has 0 radical (unpaired) electrons. The maximum atomic E-state index is 13.0. The Morgan fingerprint density at radius 2 is 1.84 bits per heavy atom. The molecule has 2 saturated heterocycles. The Balaban J connectivity index is 1.62. The second-order valence-corrected chi connectivity index (χ2v) is 10.3. The lowest BCUT2D eigenvalue weighted by atomic mass is 9.68. The third-order valence-electron chi connectivity index (χ3n) is 6.31. The van der Waals surface area contributed by atoms with Crippen molar-refractivity contribution in [1.29, 1.82) is 0 Å². The van der Waals surface area contributed by atoms with Gasteiger partial charge in [-0.3, -0.25) is 9.08 Å². The minimum Gasteiger partial charge on any atom is -0.300 e. The molecule has 0 amide bonds. The largest absolute Gasteiger partial charge is 0.300 e. The van der Waals surface area contributed by atoms with Gasteiger partial charge in [-0.15, -0.1) is 0 Å². The van der Waals surface area contributed by atoms with Gasteiger partial charge in [0.2, 0.25) is 0 Å². The molecule has 2 heterocycles. The minimum atomic E-state index is -3.73. The molecule has 25 heavy (non-hydrogen) atoms. The van der Waals surface area contributed by atoms with Crippen molar-refractivity contribution >= 4 is 26.0 Å². The maximum Gasteiger partial charge on any atom is 0.297 e. The van der Waals surface area contributed by atoms with Crippen molar-refractivity contribution < 1.29 is 12.6 Å². The monoisotopic (exact) mass is 427 g/mol. The van der Waals surface area contributed by atoms with Crippen LogP contribution in [0.15, 0.2) is 33.6 Å². The average Bonchev–Trinajstić information content (AvgIpc) is 2.59. The third-order valence-corrected chi connectivity index (χ3v) is 8.24. The molecule has 1 aliphatic carbocycles. The summed E-state index contributed by atoms with van der Waals surface area (Å²) < 4.78 is 32.9. The van der Waals surface area contributed by atoms with Crippen molar-refractivity contribution in [2.75, 3.05) is 13.1 Å². The maximum absolute atomic E-state index is 13.0. The highest BCUT2D eigenvalue weighted by Gasteiger charge is 2.51. The van der Waals surface area contributed by atoms with Gasteiger partial charge in [0, 0.05) is 23.0 Å². The van der Waals surface area contributed by atoms with Crippen LogP contribution in [0.4, 0.5) is 0 Å². The highest BCUT2D eigenvalue weighted by atomic mass is 79.9. The summed E-state index contributed by atoms with van der Waals surface area (Å²) in [6.45, 7) is 2.16. The molecule has 4 nitrogen and oxygen atoms in total. The zero-order chi connectivity index (χ0) is 17.5. The fourth-order valence-electron chi connectivity index (χ4n) is 5.03. The number of benzene rings is 1. The molecule has 1 aromatic rings. The Hall–Kier alpha value is -0.430. The molecule has 138 valence electrons. The van der Waals surface area contributed by atoms with Crippen molar-refractivity contribution in [3.63, 3.8) is 0 Å². The summed E-state index contributed by atoms with van der Waals surface area (Å²) in [5.74, 6) is 0.334. The third kappa shape index (κ3) is 3.55. The number of rotatable bonds is 3. The molecular weight excluding hydrogens is 402 g/mol. The summed E-state index contributed by atoms with van der Waals surface area (Å²) in [6.07, 6.45) is 8.78. The van der Waals surface area contributed by atoms with Gasteiger partial charge < -0.3 is 0 Å². The highest BCUT2D eigenvalue weighted by molar-refractivity contribution is 9.10. The minimum absolute atomic E-state index is 0.264. The van der Waals surface area contributed by atoms with E-state index < -0.39 is 15.7 Å². The van der Waals surface area contributed by atoms with Crippen molar-refractivity contribution in [2.45, 2.75) is 67.9 Å². The predicted octanol–water partition coefficient (Wildman–Crippen LogP) is 4.34. The quantitative estimate of drug-likeness (QED) is 0.672. The summed E-state index contributed by atoms with van der Waals surface area (Å²) in [5, 5.41) is 0. The zero-order valence-electron chi connectivity index (χ0n) is 14.5. The molecule has 0 spiro atoms. The predicted molar refractivity (Wildman–Crippen MR) is 101 cm³/mol. The van der Waals surface area contributed by atoms with Crippen LogP contribution in [0.5, 0.6) is 0 Å². The standard InChI is InChI=1S/C19H26BrNO3S/c20-16-7-9-18(10-8-16)25(22,23)24-19-11-3-1-5-15(19)14-21-12-4-2-6-17(21)13-19/h7-10,15,17H,1-6,11-14H2. The lowest BCUT2D eigenvalue weighted by Gasteiger charge is -2.54. The Morgan fingerprint density at radius 1 is 1.08 bits per heavy atom. The van der Waals surface area contributed by atoms with E-state index in [4.69, 9.17) is 4.18 Å². The van der Waals surface area contributed by atoms with Crippen LogP contribution in [-0.2, 0) is 14.3 Å². The van der Waals surface area contributed by atoms with Crippen molar-refractivity contribution in [3.05, 3.63) is 28.7 Å². The van der Waals surface area contributed by atoms with Crippen LogP contribution in [0, 0.1) is 5.92 Å². The van der Waals surface area contributed by atoms with Crippen molar-refractivity contribution in [1.82, 2.24) is 4.90 Å². The smallest absolute Gasteiger partial charge is 0.297 e. The molecule has 1 aromatic carbocycles. The number of fused-ring (bicyclic) bond motifs is 2. The Bertz CT molecular complexity index is 721. The zero-order valence-corrected chi connectivity index (χ0v) is 16.9. The first-order valence-electron chi connectivity index (χ1n) is 9.44. The highest BCUT2D eigenvalue weighted by Crippen LogP contribution is 2.47. The molecule has 3 atom stereocenters. The first-order valence-corrected chi connectivity index (χ1v) is 11.6. The van der Waals surface area contributed by atoms with E-state index in [1.54, 1.807) is 24.3 Å². The molecule has 4 rings (SSSR count). The fourth-order valence-corrected chi connectivity index (χ4v) is 6.59. The van der Waals surface area contributed by atoms with Crippen LogP contribution in [0.3, 0.4) is 0 Å². The van der Waals surface area contributed by atoms with Crippen LogP contribution < -0.4 is 0 Å². The second-order valence-electron chi connectivity index (χ2n) is 7.85. The van der Waals surface area contributed by atoms with E-state index >= 15 is 0 Å². The molecule has 1 saturated carbocycles. The van der Waals surface area contributed by atoms with Gasteiger partial charge in [0.05, 0.1) is 10.5 Å². The van der Waals surface area contributed by atoms with Gasteiger partial charge in [-0.05, 0) is 62.9 Å². The van der Waals surface area contributed by atoms with Gasteiger partial charge in [0.15, 0.2) is 0 Å². The van der Waals surface area contributed by atoms with E-state index in [2.05, 4.69) is 20.8 Å². The molecule has 0 aromatic heterocycles. The van der Waals surface area contributed by atoms with E-state index in [-0.39, 0.29) is 4.90 Å². The first kappa shape index (κ1) is 18.0. The lowest BCUT2D eigenvalue weighted by molar-refractivity contribution is -0.101. The molecule has 0 N–H and O–H groups in total. The summed E-state index contributed by atoms with van der Waals surface area (Å²) in [5.41, 5.74) is -0.497. The summed E-state index contributed by atoms with van der Waals surface area (Å²) in [7, 11) is -3.73. The van der Waals surface area contributed by atoms with Crippen LogP contribution in [-0.4, -0.2) is 38.1 Å². The normalized spacial score (nSPS) is 33.5. The SMILES string of the molecule is O=S(=O)(OC12CCCCC1CN1CCCCC1C2)c1ccc(Br)cc1. The van der Waals surface area contributed by atoms with Gasteiger partial charge in [0.1, 0.15) is 0 Å². The van der Waals surface area contributed by atoms with Gasteiger partial charge in [0.25, 0.3) is 10.1 Å². The molecule has 3 fully saturated rings. The number of nitrogens with zero attached hydrogens (tertiary/aromatic N) is 1. The lowest BCUT2D eigenvalue weighted by Crippen LogP contribution is -2.60. The van der Waals surface area contributed by atoms with Crippen LogP contribution in [0.25, 0.3) is 0 Å². The summed E-state index contributed by atoms with van der Waals surface area (Å²) in [6, 6.07) is 7.27. The molecular formula is C19H26BrNO3S. The second kappa shape index (κ2) is 6.95. The van der Waals surface area contributed by atoms with Crippen molar-refractivity contribution in [3.8, 4) is 0 Å². The van der Waals surface area contributed by atoms with E-state index in [1.807, 2.05) is 0 Å². The molecule has 3 aliphatic rings. The molecule has 0 bridgehead atoms.